The Morgan fingerprint density at radius 2 is 1.93 bits per heavy atom. The van der Waals surface area contributed by atoms with Crippen LogP contribution in [-0.2, 0) is 0 Å². The molecule has 2 nitrogen and oxygen atoms in total. The Morgan fingerprint density at radius 1 is 1.21 bits per heavy atom. The molecule has 1 heterocycles. The topological polar surface area (TPSA) is 15.3 Å². The third kappa shape index (κ3) is 1.82. The highest BCUT2D eigenvalue weighted by Gasteiger charge is 2.41. The molecule has 0 radical (unpaired) electrons. The summed E-state index contributed by atoms with van der Waals surface area (Å²) >= 11 is 0. The van der Waals surface area contributed by atoms with Crippen molar-refractivity contribution in [2.75, 3.05) is 19.6 Å². The minimum absolute atomic E-state index is 0.515. The lowest BCUT2D eigenvalue weighted by molar-refractivity contribution is 0.0368. The van der Waals surface area contributed by atoms with Crippen LogP contribution in [0.1, 0.15) is 40.0 Å². The molecule has 1 aliphatic heterocycles. The molecule has 2 rings (SSSR count). The van der Waals surface area contributed by atoms with E-state index in [9.17, 15) is 0 Å². The van der Waals surface area contributed by atoms with E-state index >= 15 is 0 Å². The van der Waals surface area contributed by atoms with Gasteiger partial charge >= 0.3 is 0 Å². The van der Waals surface area contributed by atoms with Crippen molar-refractivity contribution in [1.82, 2.24) is 10.2 Å². The van der Waals surface area contributed by atoms with Gasteiger partial charge in [-0.25, -0.2) is 0 Å². The summed E-state index contributed by atoms with van der Waals surface area (Å²) in [4.78, 5) is 2.68. The summed E-state index contributed by atoms with van der Waals surface area (Å²) < 4.78 is 0. The van der Waals surface area contributed by atoms with Gasteiger partial charge < -0.3 is 5.32 Å². The van der Waals surface area contributed by atoms with E-state index in [0.717, 1.165) is 12.0 Å². The van der Waals surface area contributed by atoms with E-state index in [1.165, 1.54) is 38.9 Å². The zero-order valence-electron chi connectivity index (χ0n) is 9.84. The SMILES string of the molecule is CC(C)[C@@H](C)N1CCNC2(CCC2)C1. The molecule has 0 aromatic rings. The van der Waals surface area contributed by atoms with Crippen molar-refractivity contribution < 1.29 is 0 Å². The van der Waals surface area contributed by atoms with Crippen molar-refractivity contribution in [2.24, 2.45) is 5.92 Å². The van der Waals surface area contributed by atoms with E-state index in [0.29, 0.717) is 5.54 Å². The van der Waals surface area contributed by atoms with Crippen LogP contribution in [0.4, 0.5) is 0 Å². The average molecular weight is 196 g/mol. The molecule has 2 fully saturated rings. The highest BCUT2D eigenvalue weighted by Crippen LogP contribution is 2.34. The van der Waals surface area contributed by atoms with Gasteiger partial charge in [0.15, 0.2) is 0 Å². The zero-order valence-corrected chi connectivity index (χ0v) is 9.84. The Hall–Kier alpha value is -0.0800. The number of hydrogen-bond acceptors (Lipinski definition) is 2. The molecule has 0 aromatic carbocycles. The fraction of sp³-hybridized carbons (Fsp3) is 1.00. The predicted octanol–water partition coefficient (Wildman–Crippen LogP) is 1.86. The number of piperazine rings is 1. The lowest BCUT2D eigenvalue weighted by Gasteiger charge is -2.51. The van der Waals surface area contributed by atoms with Gasteiger partial charge in [-0.3, -0.25) is 4.90 Å². The van der Waals surface area contributed by atoms with Crippen LogP contribution in [0.2, 0.25) is 0 Å². The molecule has 82 valence electrons. The summed E-state index contributed by atoms with van der Waals surface area (Å²) in [6.07, 6.45) is 4.22. The van der Waals surface area contributed by atoms with Gasteiger partial charge in [-0.1, -0.05) is 13.8 Å². The molecule has 1 spiro atoms. The van der Waals surface area contributed by atoms with Gasteiger partial charge in [-0.05, 0) is 32.1 Å². The normalized spacial score (nSPS) is 29.1. The van der Waals surface area contributed by atoms with Crippen LogP contribution in [0.25, 0.3) is 0 Å². The molecule has 1 atom stereocenters. The van der Waals surface area contributed by atoms with E-state index in [1.54, 1.807) is 0 Å². The quantitative estimate of drug-likeness (QED) is 0.725. The van der Waals surface area contributed by atoms with Crippen LogP contribution in [-0.4, -0.2) is 36.1 Å². The molecule has 1 aliphatic carbocycles. The van der Waals surface area contributed by atoms with E-state index in [2.05, 4.69) is 31.0 Å². The second kappa shape index (κ2) is 3.82. The van der Waals surface area contributed by atoms with Crippen LogP contribution >= 0.6 is 0 Å². The summed E-state index contributed by atoms with van der Waals surface area (Å²) in [6, 6.07) is 0.745. The third-order valence-corrected chi connectivity index (χ3v) is 4.26. The van der Waals surface area contributed by atoms with Gasteiger partial charge in [0.1, 0.15) is 0 Å². The first-order chi connectivity index (χ1) is 6.63. The van der Waals surface area contributed by atoms with Crippen molar-refractivity contribution in [3.63, 3.8) is 0 Å². The number of nitrogens with one attached hydrogen (secondary N) is 1. The van der Waals surface area contributed by atoms with Gasteiger partial charge in [-0.2, -0.15) is 0 Å². The Bertz CT molecular complexity index is 196. The average Bonchev–Trinajstić information content (AvgIpc) is 2.14. The molecule has 2 heteroatoms. The maximum Gasteiger partial charge on any atom is 0.0309 e. The number of nitrogens with zero attached hydrogens (tertiary/aromatic N) is 1. The van der Waals surface area contributed by atoms with Crippen molar-refractivity contribution in [3.05, 3.63) is 0 Å². The number of rotatable bonds is 2. The van der Waals surface area contributed by atoms with Gasteiger partial charge in [-0.15, -0.1) is 0 Å². The minimum atomic E-state index is 0.515. The van der Waals surface area contributed by atoms with Gasteiger partial charge in [0.05, 0.1) is 0 Å². The molecule has 0 unspecified atom stereocenters. The molecule has 2 aliphatic rings. The van der Waals surface area contributed by atoms with Crippen LogP contribution in [0.15, 0.2) is 0 Å². The second-order valence-electron chi connectivity index (χ2n) is 5.52. The van der Waals surface area contributed by atoms with E-state index in [4.69, 9.17) is 0 Å². The molecule has 0 bridgehead atoms. The first kappa shape index (κ1) is 10.4. The zero-order chi connectivity index (χ0) is 10.2. The van der Waals surface area contributed by atoms with E-state index in [1.807, 2.05) is 0 Å². The molecule has 1 saturated heterocycles. The van der Waals surface area contributed by atoms with Crippen LogP contribution in [0.5, 0.6) is 0 Å². The molecular formula is C12H24N2. The molecule has 14 heavy (non-hydrogen) atoms. The van der Waals surface area contributed by atoms with Crippen LogP contribution in [0, 0.1) is 5.92 Å². The van der Waals surface area contributed by atoms with Crippen molar-refractivity contribution in [1.29, 1.82) is 0 Å². The molecule has 1 N–H and O–H groups in total. The first-order valence-electron chi connectivity index (χ1n) is 6.12. The highest BCUT2D eigenvalue weighted by atomic mass is 15.2. The fourth-order valence-electron chi connectivity index (χ4n) is 2.70. The summed E-state index contributed by atoms with van der Waals surface area (Å²) in [7, 11) is 0. The summed E-state index contributed by atoms with van der Waals surface area (Å²) in [5.74, 6) is 0.783. The summed E-state index contributed by atoms with van der Waals surface area (Å²) in [5, 5.41) is 3.71. The van der Waals surface area contributed by atoms with E-state index in [-0.39, 0.29) is 0 Å². The van der Waals surface area contributed by atoms with Crippen molar-refractivity contribution in [3.8, 4) is 0 Å². The molecule has 0 aromatic heterocycles. The van der Waals surface area contributed by atoms with Crippen molar-refractivity contribution in [2.45, 2.75) is 51.6 Å². The fourth-order valence-corrected chi connectivity index (χ4v) is 2.70. The standard InChI is InChI=1S/C12H24N2/c1-10(2)11(3)14-8-7-13-12(9-14)5-4-6-12/h10-11,13H,4-9H2,1-3H3/t11-/m1/s1. The Balaban J connectivity index is 1.93. The smallest absolute Gasteiger partial charge is 0.0309 e. The van der Waals surface area contributed by atoms with Crippen molar-refractivity contribution >= 4 is 0 Å². The van der Waals surface area contributed by atoms with Crippen LogP contribution < -0.4 is 5.32 Å². The Kier molecular flexibility index (Phi) is 2.85. The highest BCUT2D eigenvalue weighted by molar-refractivity contribution is 5.01. The summed E-state index contributed by atoms with van der Waals surface area (Å²) in [5.41, 5.74) is 0.515. The maximum atomic E-state index is 3.71. The minimum Gasteiger partial charge on any atom is -0.309 e. The predicted molar refractivity (Wildman–Crippen MR) is 60.5 cm³/mol. The van der Waals surface area contributed by atoms with Gasteiger partial charge in [0.25, 0.3) is 0 Å². The first-order valence-corrected chi connectivity index (χ1v) is 6.12. The monoisotopic (exact) mass is 196 g/mol. The maximum absolute atomic E-state index is 3.71. The second-order valence-corrected chi connectivity index (χ2v) is 5.52. The molecule has 0 amide bonds. The molecular weight excluding hydrogens is 172 g/mol. The lowest BCUT2D eigenvalue weighted by atomic mass is 9.75. The largest absolute Gasteiger partial charge is 0.309 e. The summed E-state index contributed by atoms with van der Waals surface area (Å²) in [6.45, 7) is 10.8. The Labute approximate surface area is 88.1 Å². The van der Waals surface area contributed by atoms with E-state index < -0.39 is 0 Å². The Morgan fingerprint density at radius 3 is 2.43 bits per heavy atom. The van der Waals surface area contributed by atoms with Gasteiger partial charge in [0.2, 0.25) is 0 Å². The third-order valence-electron chi connectivity index (χ3n) is 4.26. The van der Waals surface area contributed by atoms with Gasteiger partial charge in [0, 0.05) is 31.2 Å². The lowest BCUT2D eigenvalue weighted by Crippen LogP contribution is -2.65. The molecule has 1 saturated carbocycles. The van der Waals surface area contributed by atoms with Crippen LogP contribution in [0.3, 0.4) is 0 Å². The number of hydrogen-bond donors (Lipinski definition) is 1.